The molecule has 0 spiro atoms. The van der Waals surface area contributed by atoms with Crippen molar-refractivity contribution in [1.29, 1.82) is 0 Å². The Morgan fingerprint density at radius 2 is 1.87 bits per heavy atom. The molecule has 3 heterocycles. The Morgan fingerprint density at radius 1 is 1.13 bits per heavy atom. The highest BCUT2D eigenvalue weighted by Gasteiger charge is 2.33. The van der Waals surface area contributed by atoms with E-state index in [2.05, 4.69) is 10.00 Å². The van der Waals surface area contributed by atoms with Gasteiger partial charge in [-0.15, -0.1) is 0 Å². The summed E-state index contributed by atoms with van der Waals surface area (Å²) in [5, 5.41) is 4.33. The molecule has 0 saturated carbocycles. The van der Waals surface area contributed by atoms with Crippen LogP contribution in [0.5, 0.6) is 0 Å². The topological polar surface area (TPSA) is 58.4 Å². The lowest BCUT2D eigenvalue weighted by Gasteiger charge is -2.40. The summed E-state index contributed by atoms with van der Waals surface area (Å²) in [6.45, 7) is 5.36. The van der Waals surface area contributed by atoms with E-state index >= 15 is 0 Å². The van der Waals surface area contributed by atoms with Crippen LogP contribution in [0.3, 0.4) is 0 Å². The Morgan fingerprint density at radius 3 is 2.61 bits per heavy atom. The quantitative estimate of drug-likeness (QED) is 0.830. The third-order valence-corrected chi connectivity index (χ3v) is 5.15. The van der Waals surface area contributed by atoms with Crippen LogP contribution in [0.15, 0.2) is 16.9 Å². The number of likely N-dealkylation sites (tertiary alicyclic amines) is 2. The number of likely N-dealkylation sites (N-methyl/N-ethyl adjacent to an activating group) is 1. The largest absolute Gasteiger partial charge is 0.344 e. The zero-order chi connectivity index (χ0) is 16.4. The highest BCUT2D eigenvalue weighted by atomic mass is 16.2. The van der Waals surface area contributed by atoms with Gasteiger partial charge in [-0.2, -0.15) is 5.10 Å². The molecule has 6 heteroatoms. The average molecular weight is 318 g/mol. The molecule has 1 aromatic rings. The first-order valence-electron chi connectivity index (χ1n) is 8.58. The molecule has 2 aliphatic heterocycles. The summed E-state index contributed by atoms with van der Waals surface area (Å²) < 4.78 is 1.59. The Hall–Kier alpha value is -1.69. The number of aromatic nitrogens is 2. The Labute approximate surface area is 137 Å². The van der Waals surface area contributed by atoms with Gasteiger partial charge < -0.3 is 4.90 Å². The van der Waals surface area contributed by atoms with Crippen molar-refractivity contribution < 1.29 is 4.79 Å². The van der Waals surface area contributed by atoms with Crippen molar-refractivity contribution >= 4 is 5.91 Å². The van der Waals surface area contributed by atoms with Gasteiger partial charge in [-0.1, -0.05) is 0 Å². The molecule has 2 fully saturated rings. The summed E-state index contributed by atoms with van der Waals surface area (Å²) in [6, 6.07) is 3.41. The number of piperidine rings is 2. The van der Waals surface area contributed by atoms with Crippen LogP contribution in [0.1, 0.15) is 31.4 Å². The maximum Gasteiger partial charge on any atom is 0.266 e. The van der Waals surface area contributed by atoms with Crippen molar-refractivity contribution in [3.05, 3.63) is 28.2 Å². The number of aryl methyl sites for hydroxylation is 1. The van der Waals surface area contributed by atoms with Crippen LogP contribution in [0.4, 0.5) is 0 Å². The minimum absolute atomic E-state index is 0.0258. The van der Waals surface area contributed by atoms with Gasteiger partial charge in [0, 0.05) is 26.2 Å². The molecule has 0 N–H and O–H groups in total. The molecular formula is C17H26N4O2. The standard InChI is InChI=1S/C17H26N4O2/c1-13-5-6-16(22)21(18-13)12-14-7-10-20(11-8-14)15-4-3-9-19(2)17(15)23/h5-6,14-15H,3-4,7-12H2,1-2H3. The number of amides is 1. The van der Waals surface area contributed by atoms with Crippen molar-refractivity contribution in [2.24, 2.45) is 5.92 Å². The van der Waals surface area contributed by atoms with Gasteiger partial charge in [0.2, 0.25) is 5.91 Å². The zero-order valence-corrected chi connectivity index (χ0v) is 14.1. The monoisotopic (exact) mass is 318 g/mol. The van der Waals surface area contributed by atoms with Crippen LogP contribution in [0, 0.1) is 12.8 Å². The number of nitrogens with zero attached hydrogens (tertiary/aromatic N) is 4. The number of rotatable bonds is 3. The first kappa shape index (κ1) is 16.2. The first-order valence-corrected chi connectivity index (χ1v) is 8.58. The molecular weight excluding hydrogens is 292 g/mol. The summed E-state index contributed by atoms with van der Waals surface area (Å²) in [5.41, 5.74) is 0.847. The van der Waals surface area contributed by atoms with Crippen LogP contribution in [-0.4, -0.2) is 58.2 Å². The summed E-state index contributed by atoms with van der Waals surface area (Å²) in [5.74, 6) is 0.737. The summed E-state index contributed by atoms with van der Waals surface area (Å²) in [4.78, 5) is 28.4. The third kappa shape index (κ3) is 3.63. The lowest BCUT2D eigenvalue weighted by atomic mass is 9.93. The van der Waals surface area contributed by atoms with Crippen molar-refractivity contribution in [3.63, 3.8) is 0 Å². The fraction of sp³-hybridized carbons (Fsp3) is 0.706. The van der Waals surface area contributed by atoms with Crippen LogP contribution in [0.25, 0.3) is 0 Å². The first-order chi connectivity index (χ1) is 11.0. The minimum Gasteiger partial charge on any atom is -0.344 e. The Kier molecular flexibility index (Phi) is 4.80. The van der Waals surface area contributed by atoms with E-state index < -0.39 is 0 Å². The SMILES string of the molecule is Cc1ccc(=O)n(CC2CCN(C3CCCN(C)C3=O)CC2)n1. The Bertz CT molecular complexity index is 619. The van der Waals surface area contributed by atoms with E-state index in [1.165, 1.54) is 0 Å². The normalized spacial score (nSPS) is 24.2. The molecule has 1 unspecified atom stereocenters. The van der Waals surface area contributed by atoms with E-state index in [-0.39, 0.29) is 17.5 Å². The number of carbonyl (C=O) groups excluding carboxylic acids is 1. The average Bonchev–Trinajstić information content (AvgIpc) is 2.54. The van der Waals surface area contributed by atoms with Gasteiger partial charge in [0.25, 0.3) is 5.56 Å². The number of hydrogen-bond donors (Lipinski definition) is 0. The fourth-order valence-electron chi connectivity index (χ4n) is 3.72. The zero-order valence-electron chi connectivity index (χ0n) is 14.1. The van der Waals surface area contributed by atoms with E-state index in [0.717, 1.165) is 51.0 Å². The molecule has 23 heavy (non-hydrogen) atoms. The minimum atomic E-state index is -0.0258. The maximum atomic E-state index is 12.3. The fourth-order valence-corrected chi connectivity index (χ4v) is 3.72. The molecule has 3 rings (SSSR count). The van der Waals surface area contributed by atoms with Gasteiger partial charge in [-0.3, -0.25) is 14.5 Å². The van der Waals surface area contributed by atoms with E-state index in [1.54, 1.807) is 16.8 Å². The smallest absolute Gasteiger partial charge is 0.266 e. The van der Waals surface area contributed by atoms with Crippen LogP contribution in [-0.2, 0) is 11.3 Å². The lowest BCUT2D eigenvalue weighted by Crippen LogP contribution is -2.53. The van der Waals surface area contributed by atoms with Gasteiger partial charge in [0.1, 0.15) is 0 Å². The molecule has 1 atom stereocenters. The van der Waals surface area contributed by atoms with Crippen LogP contribution >= 0.6 is 0 Å². The van der Waals surface area contributed by atoms with Gasteiger partial charge in [-0.05, 0) is 57.7 Å². The second-order valence-electron chi connectivity index (χ2n) is 6.89. The molecule has 0 aromatic carbocycles. The molecule has 0 bridgehead atoms. The van der Waals surface area contributed by atoms with Gasteiger partial charge >= 0.3 is 0 Å². The molecule has 1 aromatic heterocycles. The predicted molar refractivity (Wildman–Crippen MR) is 88.2 cm³/mol. The highest BCUT2D eigenvalue weighted by molar-refractivity contribution is 5.82. The summed E-state index contributed by atoms with van der Waals surface area (Å²) in [7, 11) is 1.90. The van der Waals surface area contributed by atoms with Crippen LogP contribution < -0.4 is 5.56 Å². The second kappa shape index (κ2) is 6.83. The number of carbonyl (C=O) groups is 1. The second-order valence-corrected chi connectivity index (χ2v) is 6.89. The molecule has 2 saturated heterocycles. The maximum absolute atomic E-state index is 12.3. The van der Waals surface area contributed by atoms with Crippen LogP contribution in [0.2, 0.25) is 0 Å². The highest BCUT2D eigenvalue weighted by Crippen LogP contribution is 2.24. The molecule has 2 aliphatic rings. The third-order valence-electron chi connectivity index (χ3n) is 5.15. The molecule has 6 nitrogen and oxygen atoms in total. The van der Waals surface area contributed by atoms with Crippen molar-refractivity contribution in [1.82, 2.24) is 19.6 Å². The van der Waals surface area contributed by atoms with Gasteiger partial charge in [0.05, 0.1) is 11.7 Å². The van der Waals surface area contributed by atoms with E-state index in [1.807, 2.05) is 18.9 Å². The van der Waals surface area contributed by atoms with Crippen molar-refractivity contribution in [3.8, 4) is 0 Å². The molecule has 0 radical (unpaired) electrons. The summed E-state index contributed by atoms with van der Waals surface area (Å²) in [6.07, 6.45) is 4.12. The number of hydrogen-bond acceptors (Lipinski definition) is 4. The van der Waals surface area contributed by atoms with E-state index in [4.69, 9.17) is 0 Å². The molecule has 1 amide bonds. The predicted octanol–water partition coefficient (Wildman–Crippen LogP) is 0.885. The van der Waals surface area contributed by atoms with Gasteiger partial charge in [-0.25, -0.2) is 4.68 Å². The Balaban J connectivity index is 1.57. The van der Waals surface area contributed by atoms with Crippen molar-refractivity contribution in [2.75, 3.05) is 26.7 Å². The molecule has 0 aliphatic carbocycles. The lowest BCUT2D eigenvalue weighted by molar-refractivity contribution is -0.139. The van der Waals surface area contributed by atoms with E-state index in [9.17, 15) is 9.59 Å². The van der Waals surface area contributed by atoms with Gasteiger partial charge in [0.15, 0.2) is 0 Å². The van der Waals surface area contributed by atoms with E-state index in [0.29, 0.717) is 12.5 Å². The van der Waals surface area contributed by atoms with Crippen molar-refractivity contribution in [2.45, 2.75) is 45.2 Å². The summed E-state index contributed by atoms with van der Waals surface area (Å²) >= 11 is 0. The molecule has 126 valence electrons.